The number of hydrogen-bond donors (Lipinski definition) is 2. The van der Waals surface area contributed by atoms with Gasteiger partial charge in [-0.3, -0.25) is 9.78 Å². The van der Waals surface area contributed by atoms with Gasteiger partial charge in [0.2, 0.25) is 0 Å². The van der Waals surface area contributed by atoms with E-state index in [9.17, 15) is 9.90 Å². The minimum absolute atomic E-state index is 0.202. The Morgan fingerprint density at radius 2 is 1.88 bits per heavy atom. The van der Waals surface area contributed by atoms with Gasteiger partial charge in [-0.15, -0.1) is 0 Å². The first-order chi connectivity index (χ1) is 15.8. The average molecular weight is 451 g/mol. The Morgan fingerprint density at radius 1 is 1.09 bits per heavy atom. The second-order valence-corrected chi connectivity index (χ2v) is 11.0. The molecular weight excluding hydrogens is 412 g/mol. The molecule has 0 radical (unpaired) electrons. The molecular formula is C28H38N2O3. The number of aliphatic carboxylic acids is 1. The summed E-state index contributed by atoms with van der Waals surface area (Å²) in [5.41, 5.74) is 3.59. The molecule has 1 heterocycles. The highest BCUT2D eigenvalue weighted by Gasteiger charge is 2.31. The fourth-order valence-corrected chi connectivity index (χ4v) is 5.35. The zero-order valence-corrected chi connectivity index (χ0v) is 20.2. The number of benzene rings is 1. The molecule has 5 heteroatoms. The summed E-state index contributed by atoms with van der Waals surface area (Å²) in [7, 11) is 0. The van der Waals surface area contributed by atoms with Crippen molar-refractivity contribution >= 4 is 5.97 Å². The number of pyridine rings is 1. The van der Waals surface area contributed by atoms with Gasteiger partial charge in [0.1, 0.15) is 5.75 Å². The summed E-state index contributed by atoms with van der Waals surface area (Å²) in [5.74, 6) is 0.765. The third-order valence-electron chi connectivity index (χ3n) is 7.54. The van der Waals surface area contributed by atoms with Crippen LogP contribution in [0, 0.1) is 17.3 Å². The number of hydrogen-bond acceptors (Lipinski definition) is 4. The molecule has 2 aliphatic rings. The smallest absolute Gasteiger partial charge is 0.306 e. The molecule has 178 valence electrons. The predicted octanol–water partition coefficient (Wildman–Crippen LogP) is 6.08. The van der Waals surface area contributed by atoms with Crippen molar-refractivity contribution in [1.82, 2.24) is 10.3 Å². The van der Waals surface area contributed by atoms with Crippen LogP contribution >= 0.6 is 0 Å². The van der Waals surface area contributed by atoms with Crippen LogP contribution in [-0.2, 0) is 11.3 Å². The molecule has 2 N–H and O–H groups in total. The van der Waals surface area contributed by atoms with Gasteiger partial charge >= 0.3 is 5.97 Å². The largest absolute Gasteiger partial charge is 0.489 e. The topological polar surface area (TPSA) is 71.5 Å². The van der Waals surface area contributed by atoms with Gasteiger partial charge in [-0.05, 0) is 80.0 Å². The Hall–Kier alpha value is -2.40. The van der Waals surface area contributed by atoms with Crippen LogP contribution in [0.1, 0.15) is 71.3 Å². The van der Waals surface area contributed by atoms with E-state index in [0.717, 1.165) is 61.6 Å². The van der Waals surface area contributed by atoms with E-state index in [-0.39, 0.29) is 12.0 Å². The number of rotatable bonds is 7. The van der Waals surface area contributed by atoms with Gasteiger partial charge in [0, 0.05) is 18.2 Å². The summed E-state index contributed by atoms with van der Waals surface area (Å²) in [5, 5.41) is 12.7. The van der Waals surface area contributed by atoms with E-state index in [0.29, 0.717) is 11.5 Å². The van der Waals surface area contributed by atoms with Crippen molar-refractivity contribution in [2.24, 2.45) is 17.3 Å². The summed E-state index contributed by atoms with van der Waals surface area (Å²) in [6.07, 6.45) is 9.26. The molecule has 1 aromatic heterocycles. The van der Waals surface area contributed by atoms with E-state index in [1.54, 1.807) is 0 Å². The number of carbonyl (C=O) groups is 1. The van der Waals surface area contributed by atoms with Crippen LogP contribution in [0.25, 0.3) is 11.3 Å². The van der Waals surface area contributed by atoms with Gasteiger partial charge in [0.05, 0.1) is 23.9 Å². The van der Waals surface area contributed by atoms with Crippen molar-refractivity contribution in [3.8, 4) is 17.0 Å². The molecule has 0 aliphatic heterocycles. The van der Waals surface area contributed by atoms with E-state index >= 15 is 0 Å². The van der Waals surface area contributed by atoms with E-state index in [1.807, 2.05) is 18.3 Å². The summed E-state index contributed by atoms with van der Waals surface area (Å²) >= 11 is 0. The summed E-state index contributed by atoms with van der Waals surface area (Å²) in [6, 6.07) is 12.8. The summed E-state index contributed by atoms with van der Waals surface area (Å²) in [6.45, 7) is 7.77. The molecule has 0 spiro atoms. The van der Waals surface area contributed by atoms with E-state index in [4.69, 9.17) is 4.74 Å². The van der Waals surface area contributed by atoms with Crippen LogP contribution in [0.5, 0.6) is 5.75 Å². The van der Waals surface area contributed by atoms with Gasteiger partial charge in [0.25, 0.3) is 0 Å². The molecule has 2 atom stereocenters. The van der Waals surface area contributed by atoms with Crippen LogP contribution in [-0.4, -0.2) is 28.2 Å². The van der Waals surface area contributed by atoms with Gasteiger partial charge in [0.15, 0.2) is 0 Å². The van der Waals surface area contributed by atoms with Crippen molar-refractivity contribution in [2.45, 2.75) is 84.4 Å². The van der Waals surface area contributed by atoms with Gasteiger partial charge in [-0.2, -0.15) is 0 Å². The summed E-state index contributed by atoms with van der Waals surface area (Å²) < 4.78 is 6.24. The van der Waals surface area contributed by atoms with Crippen molar-refractivity contribution in [2.75, 3.05) is 0 Å². The fourth-order valence-electron chi connectivity index (χ4n) is 5.35. The maximum absolute atomic E-state index is 11.2. The Kier molecular flexibility index (Phi) is 7.38. The van der Waals surface area contributed by atoms with Crippen molar-refractivity contribution in [3.63, 3.8) is 0 Å². The van der Waals surface area contributed by atoms with Crippen LogP contribution in [0.15, 0.2) is 42.6 Å². The number of ether oxygens (including phenoxy) is 1. The monoisotopic (exact) mass is 450 g/mol. The van der Waals surface area contributed by atoms with Gasteiger partial charge in [-0.25, -0.2) is 0 Å². The van der Waals surface area contributed by atoms with Crippen LogP contribution in [0.3, 0.4) is 0 Å². The molecule has 33 heavy (non-hydrogen) atoms. The highest BCUT2D eigenvalue weighted by molar-refractivity contribution is 5.70. The molecule has 4 rings (SSSR count). The number of nitrogens with zero attached hydrogens (tertiary/aromatic N) is 1. The number of carboxylic acid groups (broad SMARTS) is 1. The van der Waals surface area contributed by atoms with E-state index in [2.05, 4.69) is 55.3 Å². The Morgan fingerprint density at radius 3 is 2.52 bits per heavy atom. The fraction of sp³-hybridized carbons (Fsp3) is 0.571. The SMILES string of the molecule is CC(C)(C)C1CCC(Oc2ccc(-c3cccc(CNC4CCC(C(=O)O)C4)c3)nc2)CC1. The quantitative estimate of drug-likeness (QED) is 0.535. The van der Waals surface area contributed by atoms with E-state index < -0.39 is 5.97 Å². The molecule has 2 fully saturated rings. The molecule has 0 saturated heterocycles. The number of carboxylic acids is 1. The molecule has 1 aromatic carbocycles. The minimum Gasteiger partial charge on any atom is -0.489 e. The summed E-state index contributed by atoms with van der Waals surface area (Å²) in [4.78, 5) is 15.8. The van der Waals surface area contributed by atoms with Gasteiger partial charge < -0.3 is 15.2 Å². The van der Waals surface area contributed by atoms with Gasteiger partial charge in [-0.1, -0.05) is 39.0 Å². The first-order valence-electron chi connectivity index (χ1n) is 12.5. The Bertz CT molecular complexity index is 927. The molecule has 0 amide bonds. The lowest BCUT2D eigenvalue weighted by atomic mass is 9.72. The van der Waals surface area contributed by atoms with E-state index in [1.165, 1.54) is 18.4 Å². The second-order valence-electron chi connectivity index (χ2n) is 11.0. The molecule has 2 unspecified atom stereocenters. The van der Waals surface area contributed by atoms with Crippen molar-refractivity contribution in [3.05, 3.63) is 48.2 Å². The first-order valence-corrected chi connectivity index (χ1v) is 12.5. The Labute approximate surface area is 198 Å². The molecule has 5 nitrogen and oxygen atoms in total. The molecule has 2 saturated carbocycles. The first kappa shape index (κ1) is 23.7. The highest BCUT2D eigenvalue weighted by atomic mass is 16.5. The molecule has 2 aromatic rings. The maximum atomic E-state index is 11.2. The number of nitrogens with one attached hydrogen (secondary N) is 1. The highest BCUT2D eigenvalue weighted by Crippen LogP contribution is 2.38. The zero-order valence-electron chi connectivity index (χ0n) is 20.2. The molecule has 0 bridgehead atoms. The maximum Gasteiger partial charge on any atom is 0.306 e. The lowest BCUT2D eigenvalue weighted by Gasteiger charge is -2.36. The third kappa shape index (κ3) is 6.35. The normalized spacial score (nSPS) is 25.7. The standard InChI is InChI=1S/C28H38N2O3/c1-28(2,3)22-8-11-24(12-9-22)33-25-13-14-26(30-18-25)20-6-4-5-19(15-20)17-29-23-10-7-21(16-23)27(31)32/h4-6,13-15,18,21-24,29H,7-12,16-17H2,1-3H3,(H,31,32). The molecule has 2 aliphatic carbocycles. The predicted molar refractivity (Wildman–Crippen MR) is 131 cm³/mol. The second kappa shape index (κ2) is 10.3. The lowest BCUT2D eigenvalue weighted by Crippen LogP contribution is -2.30. The van der Waals surface area contributed by atoms with Crippen LogP contribution in [0.4, 0.5) is 0 Å². The third-order valence-corrected chi connectivity index (χ3v) is 7.54. The van der Waals surface area contributed by atoms with Crippen molar-refractivity contribution in [1.29, 1.82) is 0 Å². The van der Waals surface area contributed by atoms with Crippen LogP contribution < -0.4 is 10.1 Å². The van der Waals surface area contributed by atoms with Crippen molar-refractivity contribution < 1.29 is 14.6 Å². The lowest BCUT2D eigenvalue weighted by molar-refractivity contribution is -0.141. The minimum atomic E-state index is -0.669. The number of aromatic nitrogens is 1. The Balaban J connectivity index is 1.30. The van der Waals surface area contributed by atoms with Crippen LogP contribution in [0.2, 0.25) is 0 Å². The average Bonchev–Trinajstić information content (AvgIpc) is 3.28. The zero-order chi connectivity index (χ0) is 23.4.